The summed E-state index contributed by atoms with van der Waals surface area (Å²) in [4.78, 5) is 32.7. The molecular formula is C18H20N4O3. The normalized spacial score (nSPS) is 25.2. The fourth-order valence-corrected chi connectivity index (χ4v) is 3.67. The molecule has 2 aliphatic rings. The van der Waals surface area contributed by atoms with Gasteiger partial charge in [0.15, 0.2) is 0 Å². The average Bonchev–Trinajstić information content (AvgIpc) is 3.02. The monoisotopic (exact) mass is 340 g/mol. The minimum Gasteiger partial charge on any atom is -0.340 e. The maximum Gasteiger partial charge on any atom is 0.233 e. The number of rotatable bonds is 4. The van der Waals surface area contributed by atoms with Crippen LogP contribution in [0.1, 0.15) is 36.7 Å². The van der Waals surface area contributed by atoms with Crippen molar-refractivity contribution in [2.75, 3.05) is 6.54 Å². The van der Waals surface area contributed by atoms with Gasteiger partial charge in [-0.3, -0.25) is 14.9 Å². The van der Waals surface area contributed by atoms with Gasteiger partial charge < -0.3 is 9.88 Å². The number of aromatic amines is 1. The van der Waals surface area contributed by atoms with Crippen molar-refractivity contribution in [3.05, 3.63) is 52.0 Å². The van der Waals surface area contributed by atoms with Gasteiger partial charge in [0.25, 0.3) is 0 Å². The highest BCUT2D eigenvalue weighted by Gasteiger charge is 2.55. The van der Waals surface area contributed by atoms with Crippen molar-refractivity contribution in [3.63, 3.8) is 0 Å². The Bertz CT molecular complexity index is 831. The third-order valence-electron chi connectivity index (χ3n) is 5.12. The topological polar surface area (TPSA) is 92.1 Å². The summed E-state index contributed by atoms with van der Waals surface area (Å²) < 4.78 is 0. The molecule has 1 amide bonds. The van der Waals surface area contributed by atoms with Crippen LogP contribution in [0.2, 0.25) is 0 Å². The van der Waals surface area contributed by atoms with Crippen molar-refractivity contribution in [3.8, 4) is 11.3 Å². The molecule has 1 aromatic carbocycles. The molecule has 2 fully saturated rings. The van der Waals surface area contributed by atoms with Crippen molar-refractivity contribution in [1.82, 2.24) is 14.9 Å². The van der Waals surface area contributed by atoms with Crippen LogP contribution in [0.5, 0.6) is 0 Å². The van der Waals surface area contributed by atoms with Crippen molar-refractivity contribution < 1.29 is 9.72 Å². The molecule has 0 bridgehead atoms. The summed E-state index contributed by atoms with van der Waals surface area (Å²) in [6.45, 7) is 2.68. The number of likely N-dealkylation sites (tertiary alicyclic amines) is 1. The molecule has 2 heterocycles. The molecule has 7 heteroatoms. The molecule has 0 unspecified atom stereocenters. The molecule has 1 aliphatic heterocycles. The first kappa shape index (κ1) is 15.8. The van der Waals surface area contributed by atoms with Gasteiger partial charge >= 0.3 is 0 Å². The molecule has 1 aromatic heterocycles. The Morgan fingerprint density at radius 2 is 2.28 bits per heavy atom. The van der Waals surface area contributed by atoms with Gasteiger partial charge in [-0.25, -0.2) is 4.98 Å². The van der Waals surface area contributed by atoms with Gasteiger partial charge in [0.2, 0.25) is 11.9 Å². The van der Waals surface area contributed by atoms with Crippen LogP contribution in [0.4, 0.5) is 0 Å². The zero-order chi connectivity index (χ0) is 17.6. The molecule has 1 saturated heterocycles. The number of nitrogens with one attached hydrogen (secondary N) is 1. The fraction of sp³-hybridized carbons (Fsp3) is 0.444. The number of amides is 1. The molecule has 130 valence electrons. The summed E-state index contributed by atoms with van der Waals surface area (Å²) in [6, 6.07) is 7.34. The zero-order valence-corrected chi connectivity index (χ0v) is 14.0. The number of nitro groups is 1. The minimum atomic E-state index is -0.701. The molecule has 0 radical (unpaired) electrons. The highest BCUT2D eigenvalue weighted by molar-refractivity contribution is 5.82. The quantitative estimate of drug-likeness (QED) is 0.684. The molecular weight excluding hydrogens is 320 g/mol. The second-order valence-corrected chi connectivity index (χ2v) is 6.94. The Balaban J connectivity index is 1.53. The minimum absolute atomic E-state index is 0.0993. The highest BCUT2D eigenvalue weighted by atomic mass is 16.6. The zero-order valence-electron chi connectivity index (χ0n) is 14.0. The van der Waals surface area contributed by atoms with Gasteiger partial charge in [-0.1, -0.05) is 23.8 Å². The molecule has 4 rings (SSSR count). The number of carbonyl (C=O) groups is 1. The largest absolute Gasteiger partial charge is 0.340 e. The number of carbonyl (C=O) groups excluding carboxylic acids is 1. The van der Waals surface area contributed by atoms with Crippen molar-refractivity contribution in [2.24, 2.45) is 5.92 Å². The van der Waals surface area contributed by atoms with Crippen LogP contribution < -0.4 is 0 Å². The first-order chi connectivity index (χ1) is 12.0. The summed E-state index contributed by atoms with van der Waals surface area (Å²) in [5.74, 6) is 0.208. The number of aryl methyl sites for hydroxylation is 1. The first-order valence-electron chi connectivity index (χ1n) is 8.60. The van der Waals surface area contributed by atoms with E-state index in [1.807, 2.05) is 25.1 Å². The molecule has 25 heavy (non-hydrogen) atoms. The van der Waals surface area contributed by atoms with E-state index in [4.69, 9.17) is 0 Å². The van der Waals surface area contributed by atoms with E-state index in [0.717, 1.165) is 29.9 Å². The molecule has 7 nitrogen and oxygen atoms in total. The number of benzene rings is 1. The Labute approximate surface area is 145 Å². The molecule has 3 atom stereocenters. The number of imidazole rings is 1. The predicted molar refractivity (Wildman–Crippen MR) is 91.3 cm³/mol. The number of hydrogen-bond acceptors (Lipinski definition) is 4. The van der Waals surface area contributed by atoms with Gasteiger partial charge in [0.05, 0.1) is 17.9 Å². The Morgan fingerprint density at radius 1 is 1.44 bits per heavy atom. The van der Waals surface area contributed by atoms with E-state index in [2.05, 4.69) is 16.0 Å². The third-order valence-corrected chi connectivity index (χ3v) is 5.12. The van der Waals surface area contributed by atoms with Gasteiger partial charge in [-0.15, -0.1) is 0 Å². The second kappa shape index (κ2) is 5.98. The van der Waals surface area contributed by atoms with Crippen LogP contribution >= 0.6 is 0 Å². The van der Waals surface area contributed by atoms with Crippen LogP contribution in [-0.2, 0) is 4.79 Å². The van der Waals surface area contributed by atoms with Crippen LogP contribution in [0.15, 0.2) is 30.5 Å². The number of H-pyrrole nitrogens is 1. The van der Waals surface area contributed by atoms with E-state index >= 15 is 0 Å². The van der Waals surface area contributed by atoms with E-state index < -0.39 is 12.0 Å². The van der Waals surface area contributed by atoms with Gasteiger partial charge in [-0.2, -0.15) is 0 Å². The lowest BCUT2D eigenvalue weighted by molar-refractivity contribution is -0.497. The first-order valence-corrected chi connectivity index (χ1v) is 8.60. The lowest BCUT2D eigenvalue weighted by Gasteiger charge is -2.22. The van der Waals surface area contributed by atoms with Crippen LogP contribution in [0.3, 0.4) is 0 Å². The molecule has 0 spiro atoms. The molecule has 1 aliphatic carbocycles. The van der Waals surface area contributed by atoms with Gasteiger partial charge in [0, 0.05) is 17.9 Å². The second-order valence-electron chi connectivity index (χ2n) is 6.94. The molecule has 2 aromatic rings. The van der Waals surface area contributed by atoms with E-state index in [-0.39, 0.29) is 16.9 Å². The maximum absolute atomic E-state index is 12.6. The summed E-state index contributed by atoms with van der Waals surface area (Å²) in [5, 5.41) is 10.8. The lowest BCUT2D eigenvalue weighted by Crippen LogP contribution is -2.33. The van der Waals surface area contributed by atoms with Gasteiger partial charge in [0.1, 0.15) is 11.7 Å². The number of hydrogen-bond donors (Lipinski definition) is 1. The highest BCUT2D eigenvalue weighted by Crippen LogP contribution is 2.40. The summed E-state index contributed by atoms with van der Waals surface area (Å²) >= 11 is 0. The van der Waals surface area contributed by atoms with Crippen LogP contribution in [-0.4, -0.2) is 38.3 Å². The molecule has 1 saturated carbocycles. The van der Waals surface area contributed by atoms with Gasteiger partial charge in [-0.05, 0) is 31.4 Å². The van der Waals surface area contributed by atoms with E-state index in [9.17, 15) is 14.9 Å². The van der Waals surface area contributed by atoms with Crippen molar-refractivity contribution in [1.29, 1.82) is 0 Å². The number of nitrogens with zero attached hydrogens (tertiary/aromatic N) is 3. The third kappa shape index (κ3) is 2.90. The number of aromatic nitrogens is 2. The van der Waals surface area contributed by atoms with E-state index in [1.165, 1.54) is 5.56 Å². The Hall–Kier alpha value is -2.70. The summed E-state index contributed by atoms with van der Waals surface area (Å²) in [5.41, 5.74) is 3.16. The Morgan fingerprint density at radius 3 is 3.00 bits per heavy atom. The summed E-state index contributed by atoms with van der Waals surface area (Å²) in [7, 11) is 0. The summed E-state index contributed by atoms with van der Waals surface area (Å²) in [6.07, 6.45) is 3.89. The van der Waals surface area contributed by atoms with E-state index in [1.54, 1.807) is 11.1 Å². The SMILES string of the molecule is Cc1cccc(-c2cnc([C@@H]3CCCN3C(=O)[C@@H]3C[C@H]3[N+](=O)[O-])[nH]2)c1. The average molecular weight is 340 g/mol. The Kier molecular flexibility index (Phi) is 3.78. The van der Waals surface area contributed by atoms with Crippen molar-refractivity contribution in [2.45, 2.75) is 38.3 Å². The standard InChI is InChI=1S/C18H20N4O3/c1-11-4-2-5-12(8-11)14-10-19-17(20-14)15-6-3-7-21(15)18(23)13-9-16(13)22(24)25/h2,4-5,8,10,13,15-16H,3,6-7,9H2,1H3,(H,19,20)/t13-,15+,16-/m1/s1. The predicted octanol–water partition coefficient (Wildman–Crippen LogP) is 2.71. The molecule has 1 N–H and O–H groups in total. The van der Waals surface area contributed by atoms with E-state index in [0.29, 0.717) is 13.0 Å². The van der Waals surface area contributed by atoms with Crippen molar-refractivity contribution >= 4 is 5.91 Å². The lowest BCUT2D eigenvalue weighted by atomic mass is 10.1. The fourth-order valence-electron chi connectivity index (χ4n) is 3.67. The maximum atomic E-state index is 12.6. The smallest absolute Gasteiger partial charge is 0.233 e. The van der Waals surface area contributed by atoms with Crippen LogP contribution in [0, 0.1) is 23.0 Å². The van der Waals surface area contributed by atoms with Crippen LogP contribution in [0.25, 0.3) is 11.3 Å².